The van der Waals surface area contributed by atoms with E-state index in [1.807, 2.05) is 0 Å². The maximum Gasteiger partial charge on any atom is 0.281 e. The molecule has 2 aliphatic heterocycles. The van der Waals surface area contributed by atoms with Crippen LogP contribution in [0, 0.1) is 6.92 Å². The zero-order valence-electron chi connectivity index (χ0n) is 14.7. The molecule has 1 unspecified atom stereocenters. The van der Waals surface area contributed by atoms with Crippen LogP contribution in [0.1, 0.15) is 41.8 Å². The Morgan fingerprint density at radius 2 is 1.96 bits per heavy atom. The van der Waals surface area contributed by atoms with E-state index in [4.69, 9.17) is 9.84 Å². The molecular weight excluding hydrogens is 330 g/mol. The van der Waals surface area contributed by atoms with Crippen LogP contribution in [0.25, 0.3) is 5.52 Å². The lowest BCUT2D eigenvalue weighted by Crippen LogP contribution is -2.23. The Balaban J connectivity index is 1.54. The summed E-state index contributed by atoms with van der Waals surface area (Å²) in [6, 6.07) is 8.45. The van der Waals surface area contributed by atoms with E-state index in [1.54, 1.807) is 15.3 Å². The topological polar surface area (TPSA) is 73.5 Å². The Labute approximate surface area is 150 Å². The molecule has 0 bridgehead atoms. The first kappa shape index (κ1) is 15.6. The number of nitrogens with zero attached hydrogens (tertiary/aromatic N) is 4. The van der Waals surface area contributed by atoms with Crippen molar-refractivity contribution in [3.05, 3.63) is 57.8 Å². The van der Waals surface area contributed by atoms with Gasteiger partial charge < -0.3 is 10.1 Å². The molecule has 0 amide bonds. The lowest BCUT2D eigenvalue weighted by atomic mass is 10.00. The largest absolute Gasteiger partial charge is 0.381 e. The molecule has 7 nitrogen and oxygen atoms in total. The van der Waals surface area contributed by atoms with E-state index in [9.17, 15) is 4.79 Å². The number of aryl methyl sites for hydroxylation is 1. The Hall–Kier alpha value is -2.67. The van der Waals surface area contributed by atoms with Crippen LogP contribution in [-0.2, 0) is 11.3 Å². The lowest BCUT2D eigenvalue weighted by Gasteiger charge is -2.20. The maximum atomic E-state index is 12.9. The molecule has 26 heavy (non-hydrogen) atoms. The fourth-order valence-electron chi connectivity index (χ4n) is 3.88. The van der Waals surface area contributed by atoms with Crippen molar-refractivity contribution in [1.82, 2.24) is 19.2 Å². The molecule has 5 rings (SSSR count). The second kappa shape index (κ2) is 5.95. The van der Waals surface area contributed by atoms with Crippen LogP contribution in [0.5, 0.6) is 0 Å². The zero-order chi connectivity index (χ0) is 17.7. The summed E-state index contributed by atoms with van der Waals surface area (Å²) in [4.78, 5) is 17.5. The van der Waals surface area contributed by atoms with Crippen LogP contribution in [0.15, 0.2) is 35.3 Å². The van der Waals surface area contributed by atoms with Crippen molar-refractivity contribution in [1.29, 1.82) is 0 Å². The fourth-order valence-corrected chi connectivity index (χ4v) is 3.88. The number of ether oxygens (including phenoxy) is 1. The lowest BCUT2D eigenvalue weighted by molar-refractivity contribution is 0.0832. The number of anilines is 1. The fraction of sp³-hybridized carbons (Fsp3) is 0.421. The summed E-state index contributed by atoms with van der Waals surface area (Å²) < 4.78 is 8.89. The molecule has 1 atom stereocenters. The molecule has 1 fully saturated rings. The molecule has 0 saturated carbocycles. The Bertz CT molecular complexity index is 1010. The summed E-state index contributed by atoms with van der Waals surface area (Å²) in [5.74, 6) is 1.76. The minimum absolute atomic E-state index is 0.0390. The summed E-state index contributed by atoms with van der Waals surface area (Å²) in [5, 5.41) is 8.11. The summed E-state index contributed by atoms with van der Waals surface area (Å²) in [6.07, 6.45) is 3.49. The van der Waals surface area contributed by atoms with Gasteiger partial charge in [-0.05, 0) is 25.3 Å². The average molecular weight is 351 g/mol. The minimum atomic E-state index is -0.0390. The van der Waals surface area contributed by atoms with Crippen LogP contribution < -0.4 is 10.9 Å². The van der Waals surface area contributed by atoms with Crippen molar-refractivity contribution in [3.8, 4) is 0 Å². The van der Waals surface area contributed by atoms with Crippen molar-refractivity contribution in [2.75, 3.05) is 18.5 Å². The van der Waals surface area contributed by atoms with E-state index >= 15 is 0 Å². The van der Waals surface area contributed by atoms with E-state index in [0.29, 0.717) is 18.0 Å². The molecule has 2 aliphatic rings. The molecule has 4 heterocycles. The van der Waals surface area contributed by atoms with Gasteiger partial charge in [-0.2, -0.15) is 0 Å². The molecule has 134 valence electrons. The number of benzene rings is 1. The SMILES string of the molecule is Cc1ccc(C2Cn3c(nn4c(C5CCOCC5)ncc4c3=O)N2)cc1. The normalized spacial score (nSPS) is 20.3. The number of fused-ring (bicyclic) bond motifs is 2. The predicted octanol–water partition coefficient (Wildman–Crippen LogP) is 2.26. The van der Waals surface area contributed by atoms with Gasteiger partial charge in [-0.3, -0.25) is 9.36 Å². The van der Waals surface area contributed by atoms with Gasteiger partial charge in [0.25, 0.3) is 5.56 Å². The molecular formula is C19H21N5O2. The highest BCUT2D eigenvalue weighted by molar-refractivity contribution is 5.48. The molecule has 2 aromatic heterocycles. The van der Waals surface area contributed by atoms with E-state index in [0.717, 1.165) is 37.4 Å². The van der Waals surface area contributed by atoms with Crippen LogP contribution in [0.3, 0.4) is 0 Å². The van der Waals surface area contributed by atoms with Gasteiger partial charge in [-0.1, -0.05) is 29.8 Å². The second-order valence-electron chi connectivity index (χ2n) is 7.15. The third-order valence-electron chi connectivity index (χ3n) is 5.41. The monoisotopic (exact) mass is 351 g/mol. The summed E-state index contributed by atoms with van der Waals surface area (Å²) in [5.41, 5.74) is 2.89. The molecule has 1 aromatic carbocycles. The second-order valence-corrected chi connectivity index (χ2v) is 7.15. The van der Waals surface area contributed by atoms with Gasteiger partial charge >= 0.3 is 0 Å². The number of hydrogen-bond acceptors (Lipinski definition) is 5. The molecule has 0 aliphatic carbocycles. The number of aromatic nitrogens is 4. The van der Waals surface area contributed by atoms with Crippen molar-refractivity contribution >= 4 is 11.5 Å². The number of nitrogens with one attached hydrogen (secondary N) is 1. The third-order valence-corrected chi connectivity index (χ3v) is 5.41. The van der Waals surface area contributed by atoms with Crippen LogP contribution in [0.2, 0.25) is 0 Å². The average Bonchev–Trinajstić information content (AvgIpc) is 3.28. The van der Waals surface area contributed by atoms with Gasteiger partial charge in [0.1, 0.15) is 5.82 Å². The van der Waals surface area contributed by atoms with Crippen molar-refractivity contribution in [2.24, 2.45) is 0 Å². The zero-order valence-corrected chi connectivity index (χ0v) is 14.7. The van der Waals surface area contributed by atoms with Gasteiger partial charge in [0.05, 0.1) is 18.8 Å². The van der Waals surface area contributed by atoms with Gasteiger partial charge in [-0.15, -0.1) is 5.10 Å². The number of hydrogen-bond donors (Lipinski definition) is 1. The van der Waals surface area contributed by atoms with Gasteiger partial charge in [0, 0.05) is 19.1 Å². The highest BCUT2D eigenvalue weighted by atomic mass is 16.5. The molecule has 0 spiro atoms. The maximum absolute atomic E-state index is 12.9. The summed E-state index contributed by atoms with van der Waals surface area (Å²) in [7, 11) is 0. The Kier molecular flexibility index (Phi) is 3.56. The van der Waals surface area contributed by atoms with Crippen molar-refractivity contribution < 1.29 is 4.74 Å². The van der Waals surface area contributed by atoms with E-state index < -0.39 is 0 Å². The minimum Gasteiger partial charge on any atom is -0.381 e. The van der Waals surface area contributed by atoms with Gasteiger partial charge in [0.2, 0.25) is 5.95 Å². The van der Waals surface area contributed by atoms with Crippen molar-refractivity contribution in [2.45, 2.75) is 38.3 Å². The molecule has 3 aromatic rings. The number of rotatable bonds is 2. The standard InChI is InChI=1S/C19H21N5O2/c1-12-2-4-13(5-3-12)15-11-23-18(25)16-10-20-17(14-6-8-26-9-7-14)24(16)22-19(23)21-15/h2-5,10,14-15H,6-9,11H2,1H3,(H,21,22). The number of imidazole rings is 1. The van der Waals surface area contributed by atoms with Crippen LogP contribution in [0.4, 0.5) is 5.95 Å². The smallest absolute Gasteiger partial charge is 0.281 e. The summed E-state index contributed by atoms with van der Waals surface area (Å²) in [6.45, 7) is 4.12. The van der Waals surface area contributed by atoms with E-state index in [1.165, 1.54) is 5.56 Å². The summed E-state index contributed by atoms with van der Waals surface area (Å²) >= 11 is 0. The van der Waals surface area contributed by atoms with Crippen LogP contribution in [-0.4, -0.2) is 32.4 Å². The predicted molar refractivity (Wildman–Crippen MR) is 97.6 cm³/mol. The van der Waals surface area contributed by atoms with Crippen molar-refractivity contribution in [3.63, 3.8) is 0 Å². The quantitative estimate of drug-likeness (QED) is 0.767. The molecule has 1 N–H and O–H groups in total. The Morgan fingerprint density at radius 3 is 2.73 bits per heavy atom. The Morgan fingerprint density at radius 1 is 1.19 bits per heavy atom. The first-order valence-electron chi connectivity index (χ1n) is 9.10. The highest BCUT2D eigenvalue weighted by Crippen LogP contribution is 2.29. The highest BCUT2D eigenvalue weighted by Gasteiger charge is 2.28. The van der Waals surface area contributed by atoms with Gasteiger partial charge in [0.15, 0.2) is 5.52 Å². The first-order chi connectivity index (χ1) is 12.7. The van der Waals surface area contributed by atoms with Crippen LogP contribution >= 0.6 is 0 Å². The molecule has 7 heteroatoms. The van der Waals surface area contributed by atoms with E-state index in [2.05, 4.69) is 41.5 Å². The third kappa shape index (κ3) is 2.42. The van der Waals surface area contributed by atoms with Gasteiger partial charge in [-0.25, -0.2) is 9.50 Å². The molecule has 0 radical (unpaired) electrons. The first-order valence-corrected chi connectivity index (χ1v) is 9.10. The molecule has 1 saturated heterocycles. The van der Waals surface area contributed by atoms with E-state index in [-0.39, 0.29) is 17.5 Å².